The number of carbonyl (C=O) groups excluding carboxylic acids is 4. The van der Waals surface area contributed by atoms with E-state index in [0.717, 1.165) is 102 Å². The van der Waals surface area contributed by atoms with E-state index >= 15 is 0 Å². The van der Waals surface area contributed by atoms with Crippen LogP contribution in [0.25, 0.3) is 0 Å². The maximum absolute atomic E-state index is 13.1. The predicted molar refractivity (Wildman–Crippen MR) is 391 cm³/mol. The van der Waals surface area contributed by atoms with Gasteiger partial charge in [0.1, 0.15) is 19.3 Å². The molecule has 0 heterocycles. The molecule has 0 radical (unpaired) electrons. The first-order valence-corrected chi connectivity index (χ1v) is 43.0. The molecule has 570 valence electrons. The average molecular weight is 1410 g/mol. The maximum atomic E-state index is 13.1. The molecule has 19 heteroatoms. The number of aliphatic hydroxyl groups excluding tert-OH is 1. The third-order valence-corrected chi connectivity index (χ3v) is 20.2. The van der Waals surface area contributed by atoms with Crippen LogP contribution in [0.5, 0.6) is 0 Å². The van der Waals surface area contributed by atoms with Crippen LogP contribution in [0.4, 0.5) is 0 Å². The largest absolute Gasteiger partial charge is 0.472 e. The summed E-state index contributed by atoms with van der Waals surface area (Å²) >= 11 is 0. The summed E-state index contributed by atoms with van der Waals surface area (Å²) in [4.78, 5) is 72.7. The van der Waals surface area contributed by atoms with Crippen molar-refractivity contribution in [3.8, 4) is 0 Å². The summed E-state index contributed by atoms with van der Waals surface area (Å²) in [5.41, 5.74) is 0. The molecule has 0 saturated heterocycles. The van der Waals surface area contributed by atoms with Crippen LogP contribution in [0.1, 0.15) is 401 Å². The second kappa shape index (κ2) is 68.8. The van der Waals surface area contributed by atoms with Gasteiger partial charge in [-0.05, 0) is 37.5 Å². The topological polar surface area (TPSA) is 237 Å². The standard InChI is InChI=1S/C77H150O17P2/c1-7-10-12-14-16-18-19-20-21-22-23-24-25-26-27-28-29-30-36-43-49-55-61-76(81)93-72(66-88-75(80)60-54-48-42-35-32-31-34-40-46-52-58-70(6)9-3)67-91-95(83,84)89-63-71(78)64-90-96(85,86)92-68-73(65-87-74(79)59-53-47-41-33-17-15-13-11-8-2)94-77(82)62-56-50-44-38-37-39-45-51-57-69(4)5/h69-73,78H,7-68H2,1-6H3,(H,83,84)(H,85,86)/t70?,71-,72-,73-/m1/s1. The second-order valence-electron chi connectivity index (χ2n) is 28.5. The molecule has 0 spiro atoms. The Bertz CT molecular complexity index is 1860. The van der Waals surface area contributed by atoms with Gasteiger partial charge in [-0.2, -0.15) is 0 Å². The molecule has 0 rings (SSSR count). The zero-order valence-corrected chi connectivity index (χ0v) is 64.5. The van der Waals surface area contributed by atoms with E-state index < -0.39 is 97.5 Å². The highest BCUT2D eigenvalue weighted by Gasteiger charge is 2.30. The molecule has 0 aliphatic rings. The predicted octanol–water partition coefficient (Wildman–Crippen LogP) is 22.7. The highest BCUT2D eigenvalue weighted by Crippen LogP contribution is 2.45. The highest BCUT2D eigenvalue weighted by atomic mass is 31.2. The number of ether oxygens (including phenoxy) is 4. The Hall–Kier alpha value is -1.94. The van der Waals surface area contributed by atoms with Crippen molar-refractivity contribution in [1.82, 2.24) is 0 Å². The monoisotopic (exact) mass is 1410 g/mol. The van der Waals surface area contributed by atoms with E-state index in [2.05, 4.69) is 41.5 Å². The van der Waals surface area contributed by atoms with Gasteiger partial charge in [-0.25, -0.2) is 9.13 Å². The molecule has 0 amide bonds. The lowest BCUT2D eigenvalue weighted by Crippen LogP contribution is -2.30. The van der Waals surface area contributed by atoms with Crippen LogP contribution in [0.2, 0.25) is 0 Å². The number of phosphoric ester groups is 2. The minimum Gasteiger partial charge on any atom is -0.462 e. The zero-order chi connectivity index (χ0) is 70.7. The summed E-state index contributed by atoms with van der Waals surface area (Å²) in [5.74, 6) is -0.591. The smallest absolute Gasteiger partial charge is 0.462 e. The molecular weight excluding hydrogens is 1260 g/mol. The Morgan fingerprint density at radius 2 is 0.531 bits per heavy atom. The van der Waals surface area contributed by atoms with Gasteiger partial charge in [0, 0.05) is 25.7 Å². The lowest BCUT2D eigenvalue weighted by Gasteiger charge is -2.21. The molecule has 0 saturated carbocycles. The van der Waals surface area contributed by atoms with Crippen molar-refractivity contribution in [2.75, 3.05) is 39.6 Å². The summed E-state index contributed by atoms with van der Waals surface area (Å²) < 4.78 is 68.5. The Kier molecular flexibility index (Phi) is 67.4. The van der Waals surface area contributed by atoms with Crippen LogP contribution >= 0.6 is 15.6 Å². The van der Waals surface area contributed by atoms with E-state index in [4.69, 9.17) is 37.0 Å². The minimum atomic E-state index is -4.96. The first-order valence-electron chi connectivity index (χ1n) is 40.0. The van der Waals surface area contributed by atoms with Crippen molar-refractivity contribution in [3.63, 3.8) is 0 Å². The molecule has 6 atom stereocenters. The van der Waals surface area contributed by atoms with Crippen LogP contribution in [0.3, 0.4) is 0 Å². The molecule has 0 aliphatic carbocycles. The lowest BCUT2D eigenvalue weighted by molar-refractivity contribution is -0.161. The molecule has 3 N–H and O–H groups in total. The number of phosphoric acid groups is 2. The van der Waals surface area contributed by atoms with Gasteiger partial charge in [0.05, 0.1) is 26.4 Å². The quantitative estimate of drug-likeness (QED) is 0.0222. The normalized spacial score (nSPS) is 14.3. The van der Waals surface area contributed by atoms with E-state index in [1.165, 1.54) is 218 Å². The van der Waals surface area contributed by atoms with Gasteiger partial charge in [0.15, 0.2) is 12.2 Å². The summed E-state index contributed by atoms with van der Waals surface area (Å²) in [6, 6.07) is 0. The van der Waals surface area contributed by atoms with Gasteiger partial charge >= 0.3 is 39.5 Å². The van der Waals surface area contributed by atoms with Gasteiger partial charge in [0.25, 0.3) is 0 Å². The van der Waals surface area contributed by atoms with Crippen LogP contribution in [0.15, 0.2) is 0 Å². The number of carbonyl (C=O) groups is 4. The maximum Gasteiger partial charge on any atom is 0.472 e. The van der Waals surface area contributed by atoms with Crippen LogP contribution in [-0.4, -0.2) is 96.7 Å². The number of hydrogen-bond acceptors (Lipinski definition) is 15. The van der Waals surface area contributed by atoms with E-state index in [1.807, 2.05) is 0 Å². The Balaban J connectivity index is 5.18. The van der Waals surface area contributed by atoms with E-state index in [-0.39, 0.29) is 25.7 Å². The fourth-order valence-electron chi connectivity index (χ4n) is 11.8. The second-order valence-corrected chi connectivity index (χ2v) is 31.4. The van der Waals surface area contributed by atoms with E-state index in [1.54, 1.807) is 0 Å². The molecule has 0 aromatic carbocycles. The van der Waals surface area contributed by atoms with Crippen LogP contribution in [0, 0.1) is 11.8 Å². The Morgan fingerprint density at radius 1 is 0.302 bits per heavy atom. The molecule has 0 aromatic heterocycles. The van der Waals surface area contributed by atoms with Gasteiger partial charge in [-0.1, -0.05) is 350 Å². The van der Waals surface area contributed by atoms with Crippen molar-refractivity contribution >= 4 is 39.5 Å². The molecule has 0 fully saturated rings. The van der Waals surface area contributed by atoms with Crippen molar-refractivity contribution in [2.24, 2.45) is 11.8 Å². The molecule has 3 unspecified atom stereocenters. The summed E-state index contributed by atoms with van der Waals surface area (Å²) in [5, 5.41) is 10.6. The first-order chi connectivity index (χ1) is 46.4. The number of unbranched alkanes of at least 4 members (excludes halogenated alkanes) is 45. The highest BCUT2D eigenvalue weighted by molar-refractivity contribution is 7.47. The number of aliphatic hydroxyl groups is 1. The third-order valence-electron chi connectivity index (χ3n) is 18.3. The number of esters is 4. The molecule has 0 aliphatic heterocycles. The van der Waals surface area contributed by atoms with Crippen molar-refractivity contribution < 1.29 is 80.2 Å². The molecule has 96 heavy (non-hydrogen) atoms. The fourth-order valence-corrected chi connectivity index (χ4v) is 13.4. The molecular formula is C77H150O17P2. The van der Waals surface area contributed by atoms with E-state index in [0.29, 0.717) is 25.7 Å². The fraction of sp³-hybridized carbons (Fsp3) is 0.948. The number of rotatable bonds is 76. The Labute approximate surface area is 588 Å². The van der Waals surface area contributed by atoms with Gasteiger partial charge in [0.2, 0.25) is 0 Å². The molecule has 0 bridgehead atoms. The van der Waals surface area contributed by atoms with Crippen molar-refractivity contribution in [3.05, 3.63) is 0 Å². The van der Waals surface area contributed by atoms with Crippen LogP contribution in [-0.2, 0) is 65.4 Å². The zero-order valence-electron chi connectivity index (χ0n) is 62.7. The van der Waals surface area contributed by atoms with Crippen molar-refractivity contribution in [2.45, 2.75) is 419 Å². The molecule has 0 aromatic rings. The SMILES string of the molecule is CCCCCCCCCCCCCCCCCCCCCCCCC(=O)O[C@H](COC(=O)CCCCCCCCCCCCC(C)CC)COP(=O)(O)OC[C@@H](O)COP(=O)(O)OC[C@@H](COC(=O)CCCCCCCCCCC)OC(=O)CCCCCCCCCCC(C)C. The molecule has 17 nitrogen and oxygen atoms in total. The van der Waals surface area contributed by atoms with E-state index in [9.17, 15) is 43.2 Å². The first kappa shape index (κ1) is 94.1. The summed E-state index contributed by atoms with van der Waals surface area (Å²) in [6.07, 6.45) is 57.1. The summed E-state index contributed by atoms with van der Waals surface area (Å²) in [6.45, 7) is 9.56. The van der Waals surface area contributed by atoms with Gasteiger partial charge in [-0.3, -0.25) is 37.3 Å². The van der Waals surface area contributed by atoms with Gasteiger partial charge < -0.3 is 33.8 Å². The van der Waals surface area contributed by atoms with Gasteiger partial charge in [-0.15, -0.1) is 0 Å². The number of hydrogen-bond donors (Lipinski definition) is 3. The average Bonchev–Trinajstić information content (AvgIpc) is 3.28. The third kappa shape index (κ3) is 69.2. The lowest BCUT2D eigenvalue weighted by atomic mass is 9.99. The van der Waals surface area contributed by atoms with Crippen LogP contribution < -0.4 is 0 Å². The Morgan fingerprint density at radius 3 is 0.792 bits per heavy atom. The summed E-state index contributed by atoms with van der Waals surface area (Å²) in [7, 11) is -9.91. The van der Waals surface area contributed by atoms with Crippen molar-refractivity contribution in [1.29, 1.82) is 0 Å². The minimum absolute atomic E-state index is 0.105.